The summed E-state index contributed by atoms with van der Waals surface area (Å²) in [5.74, 6) is -0.263. The van der Waals surface area contributed by atoms with Crippen molar-refractivity contribution in [2.24, 2.45) is 0 Å². The van der Waals surface area contributed by atoms with Crippen LogP contribution in [0.1, 0.15) is 18.4 Å². The molecule has 2 N–H and O–H groups in total. The van der Waals surface area contributed by atoms with Gasteiger partial charge in [-0.25, -0.2) is 4.39 Å². The first-order valence-corrected chi connectivity index (χ1v) is 4.90. The lowest BCUT2D eigenvalue weighted by atomic mass is 9.87. The molecule has 1 aromatic carbocycles. The van der Waals surface area contributed by atoms with E-state index >= 15 is 0 Å². The molecule has 1 saturated heterocycles. The van der Waals surface area contributed by atoms with E-state index in [1.54, 1.807) is 12.1 Å². The minimum absolute atomic E-state index is 0.263. The topological polar surface area (TPSA) is 32.3 Å². The SMILES string of the molecule is OC1(c2ccc(F)cc2)CCCNC1. The fourth-order valence-corrected chi connectivity index (χ4v) is 1.90. The Labute approximate surface area is 82.8 Å². The number of benzene rings is 1. The molecule has 0 bridgehead atoms. The van der Waals surface area contributed by atoms with Gasteiger partial charge in [-0.05, 0) is 37.1 Å². The van der Waals surface area contributed by atoms with Crippen LogP contribution in [0.15, 0.2) is 24.3 Å². The fraction of sp³-hybridized carbons (Fsp3) is 0.455. The van der Waals surface area contributed by atoms with Crippen LogP contribution in [-0.4, -0.2) is 18.2 Å². The maximum atomic E-state index is 12.7. The Morgan fingerprint density at radius 3 is 2.57 bits per heavy atom. The number of halogens is 1. The molecule has 1 aliphatic rings. The van der Waals surface area contributed by atoms with E-state index in [0.29, 0.717) is 6.54 Å². The highest BCUT2D eigenvalue weighted by molar-refractivity contribution is 5.24. The standard InChI is InChI=1S/C11H14FNO/c12-10-4-2-9(3-5-10)11(14)6-1-7-13-8-11/h2-5,13-14H,1,6-8H2. The molecule has 1 heterocycles. The van der Waals surface area contributed by atoms with Crippen molar-refractivity contribution in [3.8, 4) is 0 Å². The van der Waals surface area contributed by atoms with Gasteiger partial charge in [-0.1, -0.05) is 12.1 Å². The van der Waals surface area contributed by atoms with Gasteiger partial charge < -0.3 is 10.4 Å². The number of hydrogen-bond acceptors (Lipinski definition) is 2. The molecule has 1 aromatic rings. The molecule has 1 unspecified atom stereocenters. The number of rotatable bonds is 1. The first kappa shape index (κ1) is 9.62. The zero-order valence-electron chi connectivity index (χ0n) is 7.96. The molecule has 0 aromatic heterocycles. The average molecular weight is 195 g/mol. The number of aliphatic hydroxyl groups is 1. The van der Waals surface area contributed by atoms with Gasteiger partial charge in [0.15, 0.2) is 0 Å². The maximum absolute atomic E-state index is 12.7. The van der Waals surface area contributed by atoms with Gasteiger partial charge >= 0.3 is 0 Å². The number of nitrogens with one attached hydrogen (secondary N) is 1. The summed E-state index contributed by atoms with van der Waals surface area (Å²) in [7, 11) is 0. The molecule has 1 aliphatic heterocycles. The lowest BCUT2D eigenvalue weighted by Crippen LogP contribution is -2.43. The molecule has 1 atom stereocenters. The van der Waals surface area contributed by atoms with Crippen molar-refractivity contribution < 1.29 is 9.50 Å². The summed E-state index contributed by atoms with van der Waals surface area (Å²) in [6, 6.07) is 6.09. The second-order valence-electron chi connectivity index (χ2n) is 3.82. The van der Waals surface area contributed by atoms with Crippen molar-refractivity contribution in [1.82, 2.24) is 5.32 Å². The Hall–Kier alpha value is -0.930. The van der Waals surface area contributed by atoms with E-state index in [-0.39, 0.29) is 5.82 Å². The van der Waals surface area contributed by atoms with E-state index in [1.165, 1.54) is 12.1 Å². The zero-order chi connectivity index (χ0) is 10.0. The maximum Gasteiger partial charge on any atom is 0.123 e. The normalized spacial score (nSPS) is 27.6. The van der Waals surface area contributed by atoms with Crippen LogP contribution < -0.4 is 5.32 Å². The smallest absolute Gasteiger partial charge is 0.123 e. The Kier molecular flexibility index (Phi) is 2.52. The zero-order valence-corrected chi connectivity index (χ0v) is 7.96. The predicted molar refractivity (Wildman–Crippen MR) is 52.4 cm³/mol. The highest BCUT2D eigenvalue weighted by Gasteiger charge is 2.30. The molecule has 2 nitrogen and oxygen atoms in total. The Morgan fingerprint density at radius 1 is 1.29 bits per heavy atom. The minimum Gasteiger partial charge on any atom is -0.384 e. The van der Waals surface area contributed by atoms with Gasteiger partial charge in [0.1, 0.15) is 11.4 Å². The van der Waals surface area contributed by atoms with Crippen molar-refractivity contribution in [2.75, 3.05) is 13.1 Å². The Bertz CT molecular complexity index is 304. The van der Waals surface area contributed by atoms with E-state index in [4.69, 9.17) is 0 Å². The molecule has 0 saturated carbocycles. The van der Waals surface area contributed by atoms with Gasteiger partial charge in [0.05, 0.1) is 0 Å². The van der Waals surface area contributed by atoms with Gasteiger partial charge in [0.2, 0.25) is 0 Å². The van der Waals surface area contributed by atoms with Crippen LogP contribution >= 0.6 is 0 Å². The van der Waals surface area contributed by atoms with Crippen LogP contribution in [0.4, 0.5) is 4.39 Å². The van der Waals surface area contributed by atoms with Crippen LogP contribution in [-0.2, 0) is 5.60 Å². The Morgan fingerprint density at radius 2 is 2.00 bits per heavy atom. The molecule has 76 valence electrons. The van der Waals surface area contributed by atoms with Crippen molar-refractivity contribution in [3.63, 3.8) is 0 Å². The molecule has 0 amide bonds. The van der Waals surface area contributed by atoms with Gasteiger partial charge in [0.25, 0.3) is 0 Å². The van der Waals surface area contributed by atoms with Crippen LogP contribution in [0.25, 0.3) is 0 Å². The van der Waals surface area contributed by atoms with Crippen molar-refractivity contribution in [1.29, 1.82) is 0 Å². The van der Waals surface area contributed by atoms with Crippen LogP contribution in [0, 0.1) is 5.82 Å². The van der Waals surface area contributed by atoms with Gasteiger partial charge in [-0.15, -0.1) is 0 Å². The van der Waals surface area contributed by atoms with Crippen molar-refractivity contribution in [3.05, 3.63) is 35.6 Å². The third-order valence-electron chi connectivity index (χ3n) is 2.74. The highest BCUT2D eigenvalue weighted by atomic mass is 19.1. The predicted octanol–water partition coefficient (Wildman–Crippen LogP) is 1.40. The average Bonchev–Trinajstić information content (AvgIpc) is 2.19. The third-order valence-corrected chi connectivity index (χ3v) is 2.74. The molecule has 14 heavy (non-hydrogen) atoms. The van der Waals surface area contributed by atoms with Crippen molar-refractivity contribution >= 4 is 0 Å². The summed E-state index contributed by atoms with van der Waals surface area (Å²) in [5, 5.41) is 13.4. The van der Waals surface area contributed by atoms with Gasteiger partial charge in [0, 0.05) is 6.54 Å². The van der Waals surface area contributed by atoms with E-state index in [2.05, 4.69) is 5.32 Å². The largest absolute Gasteiger partial charge is 0.384 e. The monoisotopic (exact) mass is 195 g/mol. The molecule has 0 radical (unpaired) electrons. The molecular formula is C11H14FNO. The van der Waals surface area contributed by atoms with Gasteiger partial charge in [-0.2, -0.15) is 0 Å². The summed E-state index contributed by atoms with van der Waals surface area (Å²) < 4.78 is 12.7. The molecule has 3 heteroatoms. The van der Waals surface area contributed by atoms with E-state index < -0.39 is 5.60 Å². The quantitative estimate of drug-likeness (QED) is 0.710. The molecular weight excluding hydrogens is 181 g/mol. The Balaban J connectivity index is 2.23. The second kappa shape index (κ2) is 3.67. The summed E-state index contributed by atoms with van der Waals surface area (Å²) in [6.45, 7) is 1.50. The van der Waals surface area contributed by atoms with E-state index in [9.17, 15) is 9.50 Å². The second-order valence-corrected chi connectivity index (χ2v) is 3.82. The summed E-state index contributed by atoms with van der Waals surface area (Å²) in [4.78, 5) is 0. The lowest BCUT2D eigenvalue weighted by molar-refractivity contribution is 0.0122. The fourth-order valence-electron chi connectivity index (χ4n) is 1.90. The van der Waals surface area contributed by atoms with E-state index in [0.717, 1.165) is 24.9 Å². The highest BCUT2D eigenvalue weighted by Crippen LogP contribution is 2.27. The summed E-state index contributed by atoms with van der Waals surface area (Å²) in [5.41, 5.74) is -0.0162. The third kappa shape index (κ3) is 1.79. The molecule has 0 spiro atoms. The van der Waals surface area contributed by atoms with Crippen molar-refractivity contribution in [2.45, 2.75) is 18.4 Å². The first-order chi connectivity index (χ1) is 6.71. The summed E-state index contributed by atoms with van der Waals surface area (Å²) in [6.07, 6.45) is 1.69. The lowest BCUT2D eigenvalue weighted by Gasteiger charge is -2.33. The van der Waals surface area contributed by atoms with Crippen LogP contribution in [0.3, 0.4) is 0 Å². The molecule has 2 rings (SSSR count). The minimum atomic E-state index is -0.814. The van der Waals surface area contributed by atoms with E-state index in [1.807, 2.05) is 0 Å². The van der Waals surface area contributed by atoms with Crippen LogP contribution in [0.2, 0.25) is 0 Å². The molecule has 1 fully saturated rings. The van der Waals surface area contributed by atoms with Gasteiger partial charge in [-0.3, -0.25) is 0 Å². The number of piperidine rings is 1. The number of β-amino-alcohol motifs (C(OH)–C–C–N with tert-alkyl or cyclic N) is 1. The number of hydrogen-bond donors (Lipinski definition) is 2. The summed E-state index contributed by atoms with van der Waals surface area (Å²) >= 11 is 0. The first-order valence-electron chi connectivity index (χ1n) is 4.90. The van der Waals surface area contributed by atoms with Crippen LogP contribution in [0.5, 0.6) is 0 Å². The molecule has 0 aliphatic carbocycles.